The number of benzene rings is 2. The van der Waals surface area contributed by atoms with Gasteiger partial charge in [-0.25, -0.2) is 4.98 Å². The van der Waals surface area contributed by atoms with Crippen molar-refractivity contribution in [2.45, 2.75) is 117 Å². The summed E-state index contributed by atoms with van der Waals surface area (Å²) in [6, 6.07) is 13.9. The number of Topliss-reactive ketones (excluding diaryl/α,β-unsaturated/α-hetero) is 1. The highest BCUT2D eigenvalue weighted by Gasteiger charge is 2.44. The highest BCUT2D eigenvalue weighted by Crippen LogP contribution is 2.28. The lowest BCUT2D eigenvalue weighted by Gasteiger charge is -2.35. The third kappa shape index (κ3) is 12.4. The summed E-state index contributed by atoms with van der Waals surface area (Å²) < 4.78 is 5.90. The molecule has 5 N–H and O–H groups in total. The number of thiazole rings is 1. The van der Waals surface area contributed by atoms with E-state index in [2.05, 4.69) is 15.6 Å². The highest BCUT2D eigenvalue weighted by atomic mass is 32.1. The van der Waals surface area contributed by atoms with Crippen LogP contribution in [0.15, 0.2) is 60.1 Å². The van der Waals surface area contributed by atoms with Crippen molar-refractivity contribution in [2.24, 2.45) is 11.1 Å². The summed E-state index contributed by atoms with van der Waals surface area (Å²) in [5, 5.41) is 16.4. The molecule has 4 rings (SSSR count). The number of ether oxygens (including phenoxy) is 1. The van der Waals surface area contributed by atoms with Gasteiger partial charge in [0.2, 0.25) is 17.7 Å². The largest absolute Gasteiger partial charge is 0.391 e. The number of hydrogen-bond donors (Lipinski definition) is 4. The Morgan fingerprint density at radius 1 is 1.08 bits per heavy atom. The Balaban J connectivity index is 1.26. The van der Waals surface area contributed by atoms with Gasteiger partial charge in [0.1, 0.15) is 17.9 Å². The number of carbonyl (C=O) groups excluding carboxylic acids is 4. The van der Waals surface area contributed by atoms with Gasteiger partial charge in [-0.2, -0.15) is 0 Å². The molecule has 2 aromatic carbocycles. The zero-order valence-corrected chi connectivity index (χ0v) is 32.6. The molecule has 1 fully saturated rings. The monoisotopic (exact) mass is 745 g/mol. The van der Waals surface area contributed by atoms with Crippen molar-refractivity contribution < 1.29 is 29.0 Å². The maximum absolute atomic E-state index is 13.9. The first-order valence-electron chi connectivity index (χ1n) is 18.3. The number of carbonyl (C=O) groups is 4. The molecular formula is C41H55N5O6S. The van der Waals surface area contributed by atoms with Gasteiger partial charge >= 0.3 is 0 Å². The summed E-state index contributed by atoms with van der Waals surface area (Å²) in [4.78, 5) is 58.4. The SMILES string of the molecule is CC(=O)CC[C@H](N)[C@@H](C)OCc1ccc(/C=C/CCC(=O)N[C@H](C(=O)N2C[C@H](O)C[C@H]2C(=O)NCc2ccc(-c3scnc3C)cc2)C(C)(C)C)cc1. The van der Waals surface area contributed by atoms with E-state index in [1.54, 1.807) is 18.3 Å². The molecule has 11 nitrogen and oxygen atoms in total. The summed E-state index contributed by atoms with van der Waals surface area (Å²) in [5.74, 6) is -0.890. The molecule has 286 valence electrons. The van der Waals surface area contributed by atoms with E-state index in [1.165, 1.54) is 4.90 Å². The lowest BCUT2D eigenvalue weighted by atomic mass is 9.85. The Kier molecular flexibility index (Phi) is 15.0. The predicted molar refractivity (Wildman–Crippen MR) is 208 cm³/mol. The molecule has 3 amide bonds. The number of ketones is 1. The van der Waals surface area contributed by atoms with E-state index in [1.807, 2.05) is 101 Å². The van der Waals surface area contributed by atoms with Crippen LogP contribution in [0.4, 0.5) is 0 Å². The molecule has 1 aliphatic heterocycles. The van der Waals surface area contributed by atoms with Crippen molar-refractivity contribution in [1.82, 2.24) is 20.5 Å². The number of aryl methyl sites for hydroxylation is 1. The molecular weight excluding hydrogens is 691 g/mol. The second kappa shape index (κ2) is 19.2. The fourth-order valence-corrected chi connectivity index (χ4v) is 6.94. The van der Waals surface area contributed by atoms with Crippen LogP contribution in [-0.2, 0) is 37.1 Å². The van der Waals surface area contributed by atoms with Crippen molar-refractivity contribution in [3.63, 3.8) is 0 Å². The third-order valence-electron chi connectivity index (χ3n) is 9.49. The van der Waals surface area contributed by atoms with E-state index in [4.69, 9.17) is 10.5 Å². The number of aromatic nitrogens is 1. The van der Waals surface area contributed by atoms with Crippen molar-refractivity contribution in [1.29, 1.82) is 0 Å². The zero-order chi connectivity index (χ0) is 38.7. The molecule has 5 atom stereocenters. The maximum atomic E-state index is 13.9. The molecule has 0 saturated carbocycles. The summed E-state index contributed by atoms with van der Waals surface area (Å²) in [5.41, 5.74) is 12.2. The van der Waals surface area contributed by atoms with Gasteiger partial charge in [-0.3, -0.25) is 14.4 Å². The predicted octanol–water partition coefficient (Wildman–Crippen LogP) is 5.32. The average Bonchev–Trinajstić information content (AvgIpc) is 3.74. The molecule has 1 aliphatic rings. The number of likely N-dealkylation sites (tertiary alicyclic amines) is 1. The second-order valence-electron chi connectivity index (χ2n) is 15.0. The van der Waals surface area contributed by atoms with E-state index >= 15 is 0 Å². The number of β-amino-alcohol motifs (C(OH)–C–C–N with tert-alkyl or cyclic N) is 1. The smallest absolute Gasteiger partial charge is 0.246 e. The molecule has 1 saturated heterocycles. The van der Waals surface area contributed by atoms with Crippen LogP contribution in [-0.4, -0.2) is 75.4 Å². The summed E-state index contributed by atoms with van der Waals surface area (Å²) in [7, 11) is 0. The molecule has 0 spiro atoms. The number of amides is 3. The van der Waals surface area contributed by atoms with E-state index in [-0.39, 0.29) is 61.6 Å². The molecule has 0 radical (unpaired) electrons. The van der Waals surface area contributed by atoms with E-state index in [9.17, 15) is 24.3 Å². The lowest BCUT2D eigenvalue weighted by Crippen LogP contribution is -2.57. The van der Waals surface area contributed by atoms with Crippen molar-refractivity contribution in [3.8, 4) is 10.4 Å². The van der Waals surface area contributed by atoms with Crippen LogP contribution in [0.1, 0.15) is 89.1 Å². The molecule has 12 heteroatoms. The number of nitrogens with two attached hydrogens (primary N) is 1. The Morgan fingerprint density at radius 3 is 2.38 bits per heavy atom. The molecule has 0 aliphatic carbocycles. The van der Waals surface area contributed by atoms with Crippen LogP contribution in [0.5, 0.6) is 0 Å². The summed E-state index contributed by atoms with van der Waals surface area (Å²) in [6.07, 6.45) is 4.66. The van der Waals surface area contributed by atoms with Crippen LogP contribution in [0.25, 0.3) is 16.5 Å². The summed E-state index contributed by atoms with van der Waals surface area (Å²) >= 11 is 1.58. The van der Waals surface area contributed by atoms with Gasteiger partial charge in [0, 0.05) is 38.4 Å². The van der Waals surface area contributed by atoms with Gasteiger partial charge in [0.15, 0.2) is 0 Å². The minimum absolute atomic E-state index is 0.0175. The topological polar surface area (TPSA) is 164 Å². The van der Waals surface area contributed by atoms with Gasteiger partial charge in [-0.1, -0.05) is 81.5 Å². The normalized spacial score (nSPS) is 17.8. The van der Waals surface area contributed by atoms with Crippen LogP contribution in [0.2, 0.25) is 0 Å². The van der Waals surface area contributed by atoms with Crippen LogP contribution in [0, 0.1) is 12.3 Å². The van der Waals surface area contributed by atoms with E-state index < -0.39 is 23.6 Å². The first-order valence-corrected chi connectivity index (χ1v) is 19.2. The first kappa shape index (κ1) is 41.5. The molecule has 1 aromatic heterocycles. The molecule has 3 aromatic rings. The number of aliphatic hydroxyl groups excluding tert-OH is 1. The Bertz CT molecular complexity index is 1720. The quantitative estimate of drug-likeness (QED) is 0.144. The Labute approximate surface area is 317 Å². The van der Waals surface area contributed by atoms with Gasteiger partial charge < -0.3 is 35.9 Å². The number of hydrogen-bond acceptors (Lipinski definition) is 9. The highest BCUT2D eigenvalue weighted by molar-refractivity contribution is 7.13. The number of nitrogens with zero attached hydrogens (tertiary/aromatic N) is 2. The average molecular weight is 746 g/mol. The van der Waals surface area contributed by atoms with Gasteiger partial charge in [0.05, 0.1) is 34.9 Å². The third-order valence-corrected chi connectivity index (χ3v) is 10.5. The second-order valence-corrected chi connectivity index (χ2v) is 15.9. The Morgan fingerprint density at radius 2 is 1.75 bits per heavy atom. The minimum Gasteiger partial charge on any atom is -0.391 e. The molecule has 0 unspecified atom stereocenters. The maximum Gasteiger partial charge on any atom is 0.246 e. The molecule has 53 heavy (non-hydrogen) atoms. The van der Waals surface area contributed by atoms with Crippen molar-refractivity contribution in [2.75, 3.05) is 6.54 Å². The van der Waals surface area contributed by atoms with Crippen LogP contribution in [0.3, 0.4) is 0 Å². The van der Waals surface area contributed by atoms with Gasteiger partial charge in [0.25, 0.3) is 0 Å². The lowest BCUT2D eigenvalue weighted by molar-refractivity contribution is -0.144. The number of aliphatic hydroxyl groups is 1. The van der Waals surface area contributed by atoms with Gasteiger partial charge in [-0.05, 0) is 61.3 Å². The molecule has 0 bridgehead atoms. The van der Waals surface area contributed by atoms with Gasteiger partial charge in [-0.15, -0.1) is 11.3 Å². The fourth-order valence-electron chi connectivity index (χ4n) is 6.13. The zero-order valence-electron chi connectivity index (χ0n) is 31.8. The first-order chi connectivity index (χ1) is 25.1. The van der Waals surface area contributed by atoms with Crippen molar-refractivity contribution >= 4 is 40.9 Å². The minimum atomic E-state index is -0.886. The van der Waals surface area contributed by atoms with E-state index in [0.717, 1.165) is 32.8 Å². The van der Waals surface area contributed by atoms with Crippen molar-refractivity contribution in [3.05, 3.63) is 82.5 Å². The van der Waals surface area contributed by atoms with Crippen LogP contribution < -0.4 is 16.4 Å². The standard InChI is InChI=1S/C41H55N5O6S/c1-26(47)11-20-34(42)28(3)52-24-31-14-12-29(13-15-31)9-7-8-10-36(49)45-38(41(4,5)6)40(51)46-23-33(48)21-35(46)39(50)43-22-30-16-18-32(19-17-30)37-27(2)44-25-53-37/h7,9,12-19,25,28,33-35,38,48H,8,10-11,20-24,42H2,1-6H3,(H,43,50)(H,45,49)/b9-7+/t28-,33-,34+,35+,38-/m1/s1. The fraction of sp³-hybridized carbons (Fsp3) is 0.488. The number of rotatable bonds is 17. The van der Waals surface area contributed by atoms with Crippen LogP contribution >= 0.6 is 11.3 Å². The Hall–Kier alpha value is -4.23. The number of allylic oxidation sites excluding steroid dienone is 1. The van der Waals surface area contributed by atoms with E-state index in [0.29, 0.717) is 25.9 Å². The molecule has 2 heterocycles. The summed E-state index contributed by atoms with van der Waals surface area (Å²) in [6.45, 7) is 11.8. The number of nitrogens with one attached hydrogen (secondary N) is 2.